The Morgan fingerprint density at radius 2 is 2.05 bits per heavy atom. The number of nitrogens with one attached hydrogen (secondary N) is 1. The first-order chi connectivity index (χ1) is 9.85. The van der Waals surface area contributed by atoms with E-state index in [-0.39, 0.29) is 24.2 Å². The molecule has 0 bridgehead atoms. The first-order valence-corrected chi connectivity index (χ1v) is 7.42. The Labute approximate surface area is 125 Å². The fourth-order valence-electron chi connectivity index (χ4n) is 1.97. The van der Waals surface area contributed by atoms with Gasteiger partial charge in [0.2, 0.25) is 0 Å². The van der Waals surface area contributed by atoms with E-state index in [0.29, 0.717) is 25.2 Å². The van der Waals surface area contributed by atoms with Crippen molar-refractivity contribution in [1.82, 2.24) is 15.1 Å². The fourth-order valence-corrected chi connectivity index (χ4v) is 1.97. The Bertz CT molecular complexity index is 494. The number of nitrogens with zero attached hydrogens (tertiary/aromatic N) is 2. The molecule has 2 N–H and O–H groups in total. The van der Waals surface area contributed by atoms with Crippen molar-refractivity contribution in [2.24, 2.45) is 5.92 Å². The summed E-state index contributed by atoms with van der Waals surface area (Å²) in [5.41, 5.74) is 1.47. The minimum Gasteiger partial charge on any atom is -0.481 e. The molecule has 6 nitrogen and oxygen atoms in total. The molecule has 1 aromatic rings. The number of aryl methyl sites for hydroxylation is 1. The van der Waals surface area contributed by atoms with Crippen LogP contribution in [0.1, 0.15) is 62.6 Å². The second-order valence-electron chi connectivity index (χ2n) is 5.67. The molecule has 0 aliphatic carbocycles. The van der Waals surface area contributed by atoms with Gasteiger partial charge in [-0.1, -0.05) is 20.8 Å². The number of carbonyl (C=O) groups is 2. The quantitative estimate of drug-likeness (QED) is 0.770. The lowest BCUT2D eigenvalue weighted by molar-refractivity contribution is -0.137. The largest absolute Gasteiger partial charge is 0.481 e. The molecule has 0 aliphatic heterocycles. The SMILES string of the molecule is CCn1nc(C(C)C)cc1C(=O)NCC(C)CCC(=O)O. The lowest BCUT2D eigenvalue weighted by Gasteiger charge is -2.11. The van der Waals surface area contributed by atoms with Gasteiger partial charge in [-0.15, -0.1) is 0 Å². The van der Waals surface area contributed by atoms with Crippen molar-refractivity contribution >= 4 is 11.9 Å². The lowest BCUT2D eigenvalue weighted by Crippen LogP contribution is -2.30. The van der Waals surface area contributed by atoms with Crippen LogP contribution in [-0.4, -0.2) is 33.3 Å². The minimum atomic E-state index is -0.807. The van der Waals surface area contributed by atoms with E-state index in [9.17, 15) is 9.59 Å². The Morgan fingerprint density at radius 3 is 2.57 bits per heavy atom. The standard InChI is InChI=1S/C15H25N3O3/c1-5-18-13(8-12(17-18)10(2)3)15(21)16-9-11(4)6-7-14(19)20/h8,10-11H,5-7,9H2,1-4H3,(H,16,21)(H,19,20). The molecule has 0 spiro atoms. The molecule has 1 heterocycles. The average molecular weight is 295 g/mol. The predicted molar refractivity (Wildman–Crippen MR) is 80.4 cm³/mol. The van der Waals surface area contributed by atoms with Gasteiger partial charge in [-0.25, -0.2) is 0 Å². The number of rotatable bonds is 8. The predicted octanol–water partition coefficient (Wildman–Crippen LogP) is 2.26. The third kappa shape index (κ3) is 5.21. The molecular formula is C15H25N3O3. The summed E-state index contributed by atoms with van der Waals surface area (Å²) in [6.45, 7) is 9.07. The first kappa shape index (κ1) is 17.2. The molecule has 0 aromatic carbocycles. The van der Waals surface area contributed by atoms with Gasteiger partial charge in [0.1, 0.15) is 5.69 Å². The maximum Gasteiger partial charge on any atom is 0.303 e. The normalized spacial score (nSPS) is 12.4. The molecule has 6 heteroatoms. The van der Waals surface area contributed by atoms with E-state index < -0.39 is 5.97 Å². The van der Waals surface area contributed by atoms with Crippen LogP contribution in [-0.2, 0) is 11.3 Å². The summed E-state index contributed by atoms with van der Waals surface area (Å²) in [6.07, 6.45) is 0.682. The van der Waals surface area contributed by atoms with Crippen LogP contribution in [0.25, 0.3) is 0 Å². The molecule has 1 amide bonds. The van der Waals surface area contributed by atoms with Crippen molar-refractivity contribution in [1.29, 1.82) is 0 Å². The summed E-state index contributed by atoms with van der Waals surface area (Å²) >= 11 is 0. The highest BCUT2D eigenvalue weighted by atomic mass is 16.4. The van der Waals surface area contributed by atoms with E-state index in [1.165, 1.54) is 0 Å². The van der Waals surface area contributed by atoms with Crippen molar-refractivity contribution in [2.45, 2.75) is 53.0 Å². The van der Waals surface area contributed by atoms with Crippen molar-refractivity contribution in [2.75, 3.05) is 6.54 Å². The summed E-state index contributed by atoms with van der Waals surface area (Å²) in [6, 6.07) is 1.82. The van der Waals surface area contributed by atoms with E-state index in [1.54, 1.807) is 4.68 Å². The summed E-state index contributed by atoms with van der Waals surface area (Å²) in [7, 11) is 0. The van der Waals surface area contributed by atoms with Crippen molar-refractivity contribution < 1.29 is 14.7 Å². The molecule has 21 heavy (non-hydrogen) atoms. The second kappa shape index (κ2) is 7.81. The Balaban J connectivity index is 2.61. The van der Waals surface area contributed by atoms with Gasteiger partial charge in [0.15, 0.2) is 0 Å². The molecule has 0 saturated heterocycles. The monoisotopic (exact) mass is 295 g/mol. The van der Waals surface area contributed by atoms with Gasteiger partial charge in [-0.3, -0.25) is 14.3 Å². The summed E-state index contributed by atoms with van der Waals surface area (Å²) in [5.74, 6) is -0.552. The molecule has 0 radical (unpaired) electrons. The molecule has 1 rings (SSSR count). The first-order valence-electron chi connectivity index (χ1n) is 7.42. The number of carboxylic acid groups (broad SMARTS) is 1. The summed E-state index contributed by atoms with van der Waals surface area (Å²) in [4.78, 5) is 22.7. The number of carboxylic acids is 1. The van der Waals surface area contributed by atoms with E-state index >= 15 is 0 Å². The Kier molecular flexibility index (Phi) is 6.39. The number of carbonyl (C=O) groups excluding carboxylic acids is 1. The average Bonchev–Trinajstić information content (AvgIpc) is 2.86. The van der Waals surface area contributed by atoms with Gasteiger partial charge in [0.05, 0.1) is 5.69 Å². The van der Waals surface area contributed by atoms with E-state index in [0.717, 1.165) is 5.69 Å². The van der Waals surface area contributed by atoms with Gasteiger partial charge in [0.25, 0.3) is 5.91 Å². The Morgan fingerprint density at radius 1 is 1.38 bits per heavy atom. The summed E-state index contributed by atoms with van der Waals surface area (Å²) in [5, 5.41) is 15.9. The smallest absolute Gasteiger partial charge is 0.303 e. The van der Waals surface area contributed by atoms with Gasteiger partial charge in [-0.2, -0.15) is 5.10 Å². The van der Waals surface area contributed by atoms with E-state index in [4.69, 9.17) is 5.11 Å². The molecular weight excluding hydrogens is 270 g/mol. The molecule has 0 saturated carbocycles. The zero-order valence-electron chi connectivity index (χ0n) is 13.2. The lowest BCUT2D eigenvalue weighted by atomic mass is 10.1. The highest BCUT2D eigenvalue weighted by Crippen LogP contribution is 2.14. The van der Waals surface area contributed by atoms with Crippen molar-refractivity contribution in [3.05, 3.63) is 17.5 Å². The molecule has 0 fully saturated rings. The molecule has 0 aliphatic rings. The van der Waals surface area contributed by atoms with Crippen LogP contribution < -0.4 is 5.32 Å². The van der Waals surface area contributed by atoms with Crippen LogP contribution in [0.3, 0.4) is 0 Å². The zero-order valence-corrected chi connectivity index (χ0v) is 13.2. The summed E-state index contributed by atoms with van der Waals surface area (Å²) < 4.78 is 1.70. The topological polar surface area (TPSA) is 84.2 Å². The number of amides is 1. The number of hydrogen-bond acceptors (Lipinski definition) is 3. The van der Waals surface area contributed by atoms with Gasteiger partial charge < -0.3 is 10.4 Å². The molecule has 118 valence electrons. The van der Waals surface area contributed by atoms with Crippen LogP contribution in [0.4, 0.5) is 0 Å². The highest BCUT2D eigenvalue weighted by Gasteiger charge is 2.16. The maximum absolute atomic E-state index is 12.2. The van der Waals surface area contributed by atoms with E-state index in [2.05, 4.69) is 10.4 Å². The van der Waals surface area contributed by atoms with E-state index in [1.807, 2.05) is 33.8 Å². The third-order valence-corrected chi connectivity index (χ3v) is 3.38. The minimum absolute atomic E-state index is 0.126. The highest BCUT2D eigenvalue weighted by molar-refractivity contribution is 5.92. The van der Waals surface area contributed by atoms with Crippen LogP contribution in [0, 0.1) is 5.92 Å². The number of aliphatic carboxylic acids is 1. The van der Waals surface area contributed by atoms with Gasteiger partial charge in [-0.05, 0) is 31.2 Å². The van der Waals surface area contributed by atoms with Gasteiger partial charge >= 0.3 is 5.97 Å². The maximum atomic E-state index is 12.2. The van der Waals surface area contributed by atoms with Crippen LogP contribution in [0.2, 0.25) is 0 Å². The van der Waals surface area contributed by atoms with Crippen molar-refractivity contribution in [3.8, 4) is 0 Å². The second-order valence-corrected chi connectivity index (χ2v) is 5.67. The molecule has 1 unspecified atom stereocenters. The fraction of sp³-hybridized carbons (Fsp3) is 0.667. The number of aromatic nitrogens is 2. The number of hydrogen-bond donors (Lipinski definition) is 2. The van der Waals surface area contributed by atoms with Crippen molar-refractivity contribution in [3.63, 3.8) is 0 Å². The Hall–Kier alpha value is -1.85. The zero-order chi connectivity index (χ0) is 16.0. The van der Waals surface area contributed by atoms with Crippen LogP contribution in [0.5, 0.6) is 0 Å². The van der Waals surface area contributed by atoms with Gasteiger partial charge in [0, 0.05) is 19.5 Å². The third-order valence-electron chi connectivity index (χ3n) is 3.38. The molecule has 1 aromatic heterocycles. The van der Waals surface area contributed by atoms with Crippen LogP contribution >= 0.6 is 0 Å². The van der Waals surface area contributed by atoms with Crippen LogP contribution in [0.15, 0.2) is 6.07 Å². The molecule has 1 atom stereocenters.